The molecule has 0 unspecified atom stereocenters. The van der Waals surface area contributed by atoms with Crippen LogP contribution in [0.2, 0.25) is 0 Å². The second-order valence-corrected chi connectivity index (χ2v) is 8.87. The average molecular weight is 446 g/mol. The maximum atomic E-state index is 12.8. The number of methoxy groups -OCH3 is 1. The van der Waals surface area contributed by atoms with Gasteiger partial charge in [0.15, 0.2) is 4.96 Å². The second-order valence-electron chi connectivity index (χ2n) is 6.98. The lowest BCUT2D eigenvalue weighted by atomic mass is 10.1. The number of anilines is 1. The molecule has 154 valence electrons. The molecular formula is C24H19N3O2S2. The van der Waals surface area contributed by atoms with Gasteiger partial charge >= 0.3 is 0 Å². The zero-order valence-electron chi connectivity index (χ0n) is 17.0. The van der Waals surface area contributed by atoms with Crippen molar-refractivity contribution in [3.8, 4) is 17.0 Å². The van der Waals surface area contributed by atoms with Gasteiger partial charge < -0.3 is 10.1 Å². The molecular weight excluding hydrogens is 426 g/mol. The molecule has 2 aromatic heterocycles. The lowest BCUT2D eigenvalue weighted by Gasteiger charge is -2.06. The quantitative estimate of drug-likeness (QED) is 0.327. The highest BCUT2D eigenvalue weighted by atomic mass is 32.2. The Hall–Kier alpha value is -3.29. The first-order valence-electron chi connectivity index (χ1n) is 9.66. The summed E-state index contributed by atoms with van der Waals surface area (Å²) in [6.45, 7) is 0. The fourth-order valence-corrected chi connectivity index (χ4v) is 4.95. The molecule has 0 bridgehead atoms. The number of carbonyl (C=O) groups excluding carboxylic acids is 1. The molecule has 5 aromatic rings. The van der Waals surface area contributed by atoms with Crippen molar-refractivity contribution < 1.29 is 9.53 Å². The fraction of sp³-hybridized carbons (Fsp3) is 0.0833. The van der Waals surface area contributed by atoms with E-state index >= 15 is 0 Å². The van der Waals surface area contributed by atoms with Crippen LogP contribution in [0.25, 0.3) is 26.4 Å². The van der Waals surface area contributed by atoms with Crippen molar-refractivity contribution >= 4 is 49.9 Å². The number of thiazole rings is 1. The molecule has 0 atom stereocenters. The number of fused-ring (bicyclic) bond motifs is 3. The van der Waals surface area contributed by atoms with Crippen molar-refractivity contribution in [2.24, 2.45) is 0 Å². The number of nitrogens with zero attached hydrogens (tertiary/aromatic N) is 2. The first kappa shape index (κ1) is 19.7. The summed E-state index contributed by atoms with van der Waals surface area (Å²) >= 11 is 3.22. The highest BCUT2D eigenvalue weighted by Crippen LogP contribution is 2.31. The van der Waals surface area contributed by atoms with Crippen LogP contribution in [0.5, 0.6) is 5.75 Å². The Bertz CT molecular complexity index is 1400. The lowest BCUT2D eigenvalue weighted by Crippen LogP contribution is -2.11. The monoisotopic (exact) mass is 445 g/mol. The van der Waals surface area contributed by atoms with Crippen LogP contribution in [0.3, 0.4) is 0 Å². The van der Waals surface area contributed by atoms with Crippen molar-refractivity contribution in [3.63, 3.8) is 0 Å². The molecule has 0 aliphatic heterocycles. The van der Waals surface area contributed by atoms with E-state index in [0.717, 1.165) is 42.8 Å². The van der Waals surface area contributed by atoms with Crippen LogP contribution in [-0.2, 0) is 0 Å². The van der Waals surface area contributed by atoms with Gasteiger partial charge in [-0.05, 0) is 66.9 Å². The SMILES string of the molecule is COc1ccc(-c2cn3c(n2)sc2cc(C(=O)Nc4cccc(SC)c4)ccc23)cc1. The Morgan fingerprint density at radius 3 is 2.71 bits per heavy atom. The van der Waals surface area contributed by atoms with Gasteiger partial charge in [0, 0.05) is 27.9 Å². The number of rotatable bonds is 5. The Kier molecular flexibility index (Phi) is 5.13. The summed E-state index contributed by atoms with van der Waals surface area (Å²) in [5.41, 5.74) is 4.40. The molecule has 5 rings (SSSR count). The molecule has 1 N–H and O–H groups in total. The standard InChI is InChI=1S/C24H19N3O2S2/c1-29-18-9-6-15(7-10-18)20-14-27-21-11-8-16(12-22(21)31-24(27)26-20)23(28)25-17-4-3-5-19(13-17)30-2/h3-14H,1-2H3,(H,25,28). The highest BCUT2D eigenvalue weighted by Gasteiger charge is 2.13. The normalized spacial score (nSPS) is 11.2. The number of benzene rings is 3. The van der Waals surface area contributed by atoms with Gasteiger partial charge in [-0.1, -0.05) is 17.4 Å². The molecule has 31 heavy (non-hydrogen) atoms. The van der Waals surface area contributed by atoms with Gasteiger partial charge in [-0.2, -0.15) is 0 Å². The van der Waals surface area contributed by atoms with Crippen LogP contribution in [0.15, 0.2) is 77.8 Å². The maximum Gasteiger partial charge on any atom is 0.255 e. The molecule has 0 spiro atoms. The molecule has 1 amide bonds. The molecule has 2 heterocycles. The number of hydrogen-bond acceptors (Lipinski definition) is 5. The number of nitrogens with one attached hydrogen (secondary N) is 1. The third-order valence-electron chi connectivity index (χ3n) is 5.07. The number of imidazole rings is 1. The Morgan fingerprint density at radius 2 is 1.94 bits per heavy atom. The largest absolute Gasteiger partial charge is 0.497 e. The molecule has 0 radical (unpaired) electrons. The number of aromatic nitrogens is 2. The number of amides is 1. The minimum Gasteiger partial charge on any atom is -0.497 e. The summed E-state index contributed by atoms with van der Waals surface area (Å²) in [5, 5.41) is 2.98. The predicted octanol–water partition coefficient (Wildman–Crippen LogP) is 6.20. The molecule has 0 aliphatic carbocycles. The Labute approximate surface area is 187 Å². The summed E-state index contributed by atoms with van der Waals surface area (Å²) in [7, 11) is 1.66. The first-order chi connectivity index (χ1) is 15.1. The Morgan fingerprint density at radius 1 is 1.10 bits per heavy atom. The van der Waals surface area contributed by atoms with E-state index in [9.17, 15) is 4.79 Å². The number of ether oxygens (including phenoxy) is 1. The van der Waals surface area contributed by atoms with Gasteiger partial charge in [-0.3, -0.25) is 9.20 Å². The number of hydrogen-bond donors (Lipinski definition) is 1. The zero-order valence-corrected chi connectivity index (χ0v) is 18.6. The smallest absolute Gasteiger partial charge is 0.255 e. The van der Waals surface area contributed by atoms with Crippen molar-refractivity contribution in [2.75, 3.05) is 18.7 Å². The van der Waals surface area contributed by atoms with Crippen LogP contribution in [0.4, 0.5) is 5.69 Å². The van der Waals surface area contributed by atoms with Gasteiger partial charge in [0.25, 0.3) is 5.91 Å². The van der Waals surface area contributed by atoms with E-state index in [1.165, 1.54) is 0 Å². The van der Waals surface area contributed by atoms with Crippen molar-refractivity contribution in [2.45, 2.75) is 4.90 Å². The van der Waals surface area contributed by atoms with Crippen LogP contribution in [0, 0.1) is 0 Å². The summed E-state index contributed by atoms with van der Waals surface area (Å²) in [6, 6.07) is 21.5. The predicted molar refractivity (Wildman–Crippen MR) is 129 cm³/mol. The molecule has 0 saturated carbocycles. The van der Waals surface area contributed by atoms with Gasteiger partial charge in [-0.25, -0.2) is 4.98 Å². The van der Waals surface area contributed by atoms with Crippen molar-refractivity contribution in [3.05, 3.63) is 78.5 Å². The van der Waals surface area contributed by atoms with Crippen LogP contribution in [0.1, 0.15) is 10.4 Å². The molecule has 5 nitrogen and oxygen atoms in total. The topological polar surface area (TPSA) is 55.6 Å². The maximum absolute atomic E-state index is 12.8. The molecule has 0 aliphatic rings. The van der Waals surface area contributed by atoms with E-state index in [4.69, 9.17) is 9.72 Å². The van der Waals surface area contributed by atoms with Crippen LogP contribution >= 0.6 is 23.1 Å². The second kappa shape index (κ2) is 8.09. The number of thioether (sulfide) groups is 1. The van der Waals surface area contributed by atoms with E-state index in [1.54, 1.807) is 30.2 Å². The van der Waals surface area contributed by atoms with Gasteiger partial charge in [0.2, 0.25) is 0 Å². The first-order valence-corrected chi connectivity index (χ1v) is 11.7. The third kappa shape index (κ3) is 3.78. The minimum absolute atomic E-state index is 0.120. The van der Waals surface area contributed by atoms with E-state index in [-0.39, 0.29) is 5.91 Å². The molecule has 7 heteroatoms. The summed E-state index contributed by atoms with van der Waals surface area (Å²) in [4.78, 5) is 19.5. The highest BCUT2D eigenvalue weighted by molar-refractivity contribution is 7.98. The summed E-state index contributed by atoms with van der Waals surface area (Å²) in [6.07, 6.45) is 4.05. The van der Waals surface area contributed by atoms with E-state index in [1.807, 2.05) is 79.2 Å². The summed E-state index contributed by atoms with van der Waals surface area (Å²) < 4.78 is 8.32. The molecule has 0 saturated heterocycles. The van der Waals surface area contributed by atoms with Crippen molar-refractivity contribution in [1.29, 1.82) is 0 Å². The minimum atomic E-state index is -0.120. The van der Waals surface area contributed by atoms with E-state index < -0.39 is 0 Å². The van der Waals surface area contributed by atoms with Gasteiger partial charge in [-0.15, -0.1) is 11.8 Å². The third-order valence-corrected chi connectivity index (χ3v) is 6.81. The lowest BCUT2D eigenvalue weighted by molar-refractivity contribution is 0.102. The van der Waals surface area contributed by atoms with Crippen LogP contribution < -0.4 is 10.1 Å². The van der Waals surface area contributed by atoms with Gasteiger partial charge in [0.1, 0.15) is 5.75 Å². The van der Waals surface area contributed by atoms with Crippen LogP contribution in [-0.4, -0.2) is 28.7 Å². The van der Waals surface area contributed by atoms with E-state index in [2.05, 4.69) is 9.72 Å². The fourth-order valence-electron chi connectivity index (χ4n) is 3.45. The summed E-state index contributed by atoms with van der Waals surface area (Å²) in [5.74, 6) is 0.700. The zero-order chi connectivity index (χ0) is 21.4. The Balaban J connectivity index is 1.44. The van der Waals surface area contributed by atoms with E-state index in [0.29, 0.717) is 5.56 Å². The molecule has 0 fully saturated rings. The average Bonchev–Trinajstić information content (AvgIpc) is 3.37. The number of carbonyl (C=O) groups is 1. The van der Waals surface area contributed by atoms with Crippen molar-refractivity contribution in [1.82, 2.24) is 9.38 Å². The molecule has 3 aromatic carbocycles. The van der Waals surface area contributed by atoms with Gasteiger partial charge in [0.05, 0.1) is 23.0 Å².